The summed E-state index contributed by atoms with van der Waals surface area (Å²) in [7, 11) is -1.93. The third-order valence-electron chi connectivity index (χ3n) is 5.75. The number of benzene rings is 1. The van der Waals surface area contributed by atoms with E-state index in [1.165, 1.54) is 28.6 Å². The minimum atomic E-state index is -3.66. The van der Waals surface area contributed by atoms with Crippen LogP contribution >= 0.6 is 11.8 Å². The summed E-state index contributed by atoms with van der Waals surface area (Å²) < 4.78 is 35.1. The Balaban J connectivity index is 1.40. The van der Waals surface area contributed by atoms with Gasteiger partial charge in [-0.15, -0.1) is 11.8 Å². The molecule has 1 aromatic heterocycles. The van der Waals surface area contributed by atoms with Crippen LogP contribution in [0.3, 0.4) is 0 Å². The van der Waals surface area contributed by atoms with Gasteiger partial charge < -0.3 is 9.30 Å². The molecule has 0 N–H and O–H groups in total. The number of aromatic nitrogens is 2. The first-order valence-corrected chi connectivity index (χ1v) is 12.0. The predicted octanol–water partition coefficient (Wildman–Crippen LogP) is 1.84. The normalized spacial score (nSPS) is 21.4. The van der Waals surface area contributed by atoms with Gasteiger partial charge in [0.05, 0.1) is 6.33 Å². The topological polar surface area (TPSA) is 98.6 Å². The average Bonchev–Trinajstić information content (AvgIpc) is 3.20. The molecule has 156 valence electrons. The van der Waals surface area contributed by atoms with E-state index in [9.17, 15) is 18.0 Å². The van der Waals surface area contributed by atoms with Gasteiger partial charge >= 0.3 is 0 Å². The molecule has 0 atom stereocenters. The fourth-order valence-corrected chi connectivity index (χ4v) is 6.72. The van der Waals surface area contributed by atoms with E-state index < -0.39 is 27.2 Å². The molecule has 8 nitrogen and oxygen atoms in total. The number of piperidine rings is 1. The van der Waals surface area contributed by atoms with Crippen LogP contribution in [0.25, 0.3) is 5.76 Å². The maximum Gasteiger partial charge on any atom is 0.262 e. The Kier molecular flexibility index (Phi) is 4.42. The van der Waals surface area contributed by atoms with Crippen LogP contribution in [0, 0.1) is 0 Å². The highest BCUT2D eigenvalue weighted by Crippen LogP contribution is 2.47. The number of imidazole rings is 1. The second-order valence-electron chi connectivity index (χ2n) is 7.72. The second-order valence-corrected chi connectivity index (χ2v) is 10.6. The fraction of sp³-hybridized carbons (Fsp3) is 0.350. The quantitative estimate of drug-likeness (QED) is 0.651. The van der Waals surface area contributed by atoms with E-state index in [4.69, 9.17) is 4.74 Å². The highest BCUT2D eigenvalue weighted by molar-refractivity contribution is 8.04. The maximum absolute atomic E-state index is 12.9. The number of sulfonamides is 1. The Labute approximate surface area is 178 Å². The minimum Gasteiger partial charge on any atom is -0.484 e. The number of rotatable bonds is 2. The van der Waals surface area contributed by atoms with Crippen molar-refractivity contribution < 1.29 is 22.7 Å². The Bertz CT molecular complexity index is 1210. The van der Waals surface area contributed by atoms with Gasteiger partial charge in [-0.3, -0.25) is 9.59 Å². The van der Waals surface area contributed by atoms with Crippen LogP contribution in [0.15, 0.2) is 46.7 Å². The zero-order valence-corrected chi connectivity index (χ0v) is 17.8. The number of ether oxygens (including phenoxy) is 1. The van der Waals surface area contributed by atoms with Crippen LogP contribution in [0.2, 0.25) is 0 Å². The molecule has 1 aliphatic carbocycles. The zero-order valence-electron chi connectivity index (χ0n) is 16.2. The molecule has 3 heterocycles. The Morgan fingerprint density at radius 1 is 1.10 bits per heavy atom. The summed E-state index contributed by atoms with van der Waals surface area (Å²) in [5.74, 6) is -0.0799. The van der Waals surface area contributed by atoms with Crippen LogP contribution in [0.5, 0.6) is 0 Å². The third-order valence-corrected chi connectivity index (χ3v) is 8.87. The van der Waals surface area contributed by atoms with Crippen molar-refractivity contribution >= 4 is 39.1 Å². The van der Waals surface area contributed by atoms with Gasteiger partial charge in [-0.25, -0.2) is 13.4 Å². The van der Waals surface area contributed by atoms with E-state index in [1.54, 1.807) is 29.8 Å². The molecule has 0 saturated carbocycles. The summed E-state index contributed by atoms with van der Waals surface area (Å²) >= 11 is 1.34. The Morgan fingerprint density at radius 3 is 2.47 bits per heavy atom. The van der Waals surface area contributed by atoms with Crippen molar-refractivity contribution in [2.75, 3.05) is 18.8 Å². The van der Waals surface area contributed by atoms with E-state index >= 15 is 0 Å². The summed E-state index contributed by atoms with van der Waals surface area (Å²) in [6.45, 7) is 0.604. The van der Waals surface area contributed by atoms with E-state index in [-0.39, 0.29) is 5.03 Å². The van der Waals surface area contributed by atoms with Gasteiger partial charge in [-0.05, 0) is 0 Å². The molecule has 0 radical (unpaired) electrons. The highest BCUT2D eigenvalue weighted by atomic mass is 32.2. The molecule has 5 rings (SSSR count). The average molecular weight is 446 g/mol. The molecule has 10 heteroatoms. The standard InChI is InChI=1S/C20H19N3O5S2/c1-22-10-15(21-12-22)30(26,27)23-8-6-20(7-9-23)11-29-19-17(25)16(24)13-4-2-3-5-14(13)18(19)28-20/h2-5,10,12H,6-9,11H2,1H3. The summed E-state index contributed by atoms with van der Waals surface area (Å²) in [4.78, 5) is 29.3. The number of hydrogen-bond acceptors (Lipinski definition) is 7. The molecule has 30 heavy (non-hydrogen) atoms. The number of hydrogen-bond donors (Lipinski definition) is 0. The van der Waals surface area contributed by atoms with Gasteiger partial charge in [0.25, 0.3) is 10.0 Å². The number of Topliss-reactive ketones (excluding diaryl/α,β-unsaturated/α-hetero) is 2. The number of thioether (sulfide) groups is 1. The third kappa shape index (κ3) is 2.93. The molecule has 1 aromatic carbocycles. The number of nitrogens with zero attached hydrogens (tertiary/aromatic N) is 3. The van der Waals surface area contributed by atoms with Crippen LogP contribution in [0.4, 0.5) is 0 Å². The first-order chi connectivity index (χ1) is 14.3. The minimum absolute atomic E-state index is 0.0372. The van der Waals surface area contributed by atoms with E-state index in [0.717, 1.165) is 0 Å². The van der Waals surface area contributed by atoms with Crippen LogP contribution < -0.4 is 0 Å². The number of carbonyl (C=O) groups is 2. The summed E-state index contributed by atoms with van der Waals surface area (Å²) in [6, 6.07) is 6.96. The lowest BCUT2D eigenvalue weighted by molar-refractivity contribution is -0.111. The molecule has 3 aliphatic rings. The van der Waals surface area contributed by atoms with Gasteiger partial charge in [0.15, 0.2) is 5.03 Å². The first kappa shape index (κ1) is 19.5. The van der Waals surface area contributed by atoms with Gasteiger partial charge in [0.1, 0.15) is 16.3 Å². The molecule has 2 aliphatic heterocycles. The molecular weight excluding hydrogens is 426 g/mol. The maximum atomic E-state index is 12.9. The number of carbonyl (C=O) groups excluding carboxylic acids is 2. The van der Waals surface area contributed by atoms with Crippen molar-refractivity contribution in [1.82, 2.24) is 13.9 Å². The Hall–Kier alpha value is -2.43. The van der Waals surface area contributed by atoms with Gasteiger partial charge in [0, 0.05) is 56.1 Å². The molecule has 2 aromatic rings. The summed E-state index contributed by atoms with van der Waals surface area (Å²) in [5, 5.41) is 0.0372. The van der Waals surface area contributed by atoms with Gasteiger partial charge in [-0.2, -0.15) is 4.31 Å². The predicted molar refractivity (Wildman–Crippen MR) is 110 cm³/mol. The number of ketones is 2. The van der Waals surface area contributed by atoms with Crippen LogP contribution in [-0.4, -0.2) is 58.3 Å². The highest BCUT2D eigenvalue weighted by Gasteiger charge is 2.47. The van der Waals surface area contributed by atoms with E-state index in [1.807, 2.05) is 6.07 Å². The lowest BCUT2D eigenvalue weighted by atomic mass is 9.90. The Morgan fingerprint density at radius 2 is 1.80 bits per heavy atom. The molecule has 1 saturated heterocycles. The van der Waals surface area contributed by atoms with Gasteiger partial charge in [-0.1, -0.05) is 24.3 Å². The SMILES string of the molecule is Cn1cnc(S(=O)(=O)N2CCC3(CC2)CSC2=C(O3)c3ccccc3C(=O)C2=O)c1. The molecular formula is C20H19N3O5S2. The molecule has 1 spiro atoms. The fourth-order valence-electron chi connectivity index (χ4n) is 4.05. The van der Waals surface area contributed by atoms with E-state index in [0.29, 0.717) is 53.5 Å². The summed E-state index contributed by atoms with van der Waals surface area (Å²) in [5.41, 5.74) is 0.411. The van der Waals surface area contributed by atoms with Crippen molar-refractivity contribution in [2.45, 2.75) is 23.5 Å². The van der Waals surface area contributed by atoms with Gasteiger partial charge in [0.2, 0.25) is 11.6 Å². The lowest BCUT2D eigenvalue weighted by Gasteiger charge is -2.44. The summed E-state index contributed by atoms with van der Waals surface area (Å²) in [6.07, 6.45) is 3.94. The second kappa shape index (κ2) is 6.79. The zero-order chi connectivity index (χ0) is 21.1. The lowest BCUT2D eigenvalue weighted by Crippen LogP contribution is -2.50. The largest absolute Gasteiger partial charge is 0.484 e. The van der Waals surface area contributed by atoms with Crippen molar-refractivity contribution in [2.24, 2.45) is 7.05 Å². The monoisotopic (exact) mass is 445 g/mol. The van der Waals surface area contributed by atoms with Crippen molar-refractivity contribution in [3.05, 3.63) is 52.8 Å². The first-order valence-electron chi connectivity index (χ1n) is 9.53. The van der Waals surface area contributed by atoms with Crippen molar-refractivity contribution in [3.8, 4) is 0 Å². The smallest absolute Gasteiger partial charge is 0.262 e. The van der Waals surface area contributed by atoms with Crippen molar-refractivity contribution in [3.63, 3.8) is 0 Å². The number of allylic oxidation sites excluding steroid dienone is 1. The van der Waals surface area contributed by atoms with Crippen LogP contribution in [0.1, 0.15) is 28.8 Å². The molecule has 0 unspecified atom stereocenters. The number of fused-ring (bicyclic) bond motifs is 2. The number of aryl methyl sites for hydroxylation is 1. The molecule has 1 fully saturated rings. The van der Waals surface area contributed by atoms with Crippen molar-refractivity contribution in [1.29, 1.82) is 0 Å². The van der Waals surface area contributed by atoms with E-state index in [2.05, 4.69) is 4.98 Å². The molecule has 0 amide bonds. The molecule has 0 bridgehead atoms. The van der Waals surface area contributed by atoms with Crippen LogP contribution in [-0.2, 0) is 26.6 Å².